The Morgan fingerprint density at radius 2 is 1.77 bits per heavy atom. The number of nitrogens with one attached hydrogen (secondary N) is 1. The van der Waals surface area contributed by atoms with Crippen LogP contribution in [0.4, 0.5) is 36.4 Å². The van der Waals surface area contributed by atoms with Crippen LogP contribution in [-0.4, -0.2) is 20.8 Å². The third-order valence-corrected chi connectivity index (χ3v) is 4.02. The van der Waals surface area contributed by atoms with Crippen molar-refractivity contribution in [1.82, 2.24) is 14.9 Å². The molecule has 3 rings (SSSR count). The third kappa shape index (κ3) is 4.00. The first-order valence-electron chi connectivity index (χ1n) is 8.05. The maximum Gasteiger partial charge on any atom is 0.453 e. The van der Waals surface area contributed by atoms with Gasteiger partial charge in [-0.1, -0.05) is 5.16 Å². The molecule has 0 radical (unpaired) electrons. The fourth-order valence-corrected chi connectivity index (χ4v) is 2.68. The number of halogens is 7. The SMILES string of the molecule is Cc1noc(C(F)(F)F)c1C(=O)Nc1ccc(-c2cc(C(F)(F)F)nn2C)c(F)c1. The van der Waals surface area contributed by atoms with Crippen molar-refractivity contribution >= 4 is 11.6 Å². The molecule has 0 saturated carbocycles. The van der Waals surface area contributed by atoms with Crippen LogP contribution in [0.1, 0.15) is 27.5 Å². The van der Waals surface area contributed by atoms with Crippen molar-refractivity contribution < 1.29 is 40.1 Å². The van der Waals surface area contributed by atoms with E-state index >= 15 is 0 Å². The van der Waals surface area contributed by atoms with E-state index in [0.29, 0.717) is 6.07 Å². The van der Waals surface area contributed by atoms with Crippen LogP contribution < -0.4 is 5.32 Å². The van der Waals surface area contributed by atoms with Gasteiger partial charge in [-0.25, -0.2) is 4.39 Å². The number of nitrogens with zero attached hydrogens (tertiary/aromatic N) is 3. The van der Waals surface area contributed by atoms with Crippen molar-refractivity contribution in [1.29, 1.82) is 0 Å². The first kappa shape index (κ1) is 21.3. The molecule has 1 amide bonds. The molecule has 0 bridgehead atoms. The number of carbonyl (C=O) groups is 1. The number of amides is 1. The Balaban J connectivity index is 1.90. The molecule has 0 spiro atoms. The highest BCUT2D eigenvalue weighted by molar-refractivity contribution is 6.05. The van der Waals surface area contributed by atoms with Crippen LogP contribution >= 0.6 is 0 Å². The number of carbonyl (C=O) groups excluding carboxylic acids is 1. The first-order valence-corrected chi connectivity index (χ1v) is 8.05. The van der Waals surface area contributed by atoms with Crippen LogP contribution in [0.15, 0.2) is 28.8 Å². The van der Waals surface area contributed by atoms with Crippen LogP contribution in [-0.2, 0) is 19.4 Å². The molecule has 1 aromatic carbocycles. The number of alkyl halides is 6. The Bertz CT molecular complexity index is 1110. The van der Waals surface area contributed by atoms with Gasteiger partial charge in [0.25, 0.3) is 11.7 Å². The smallest absolute Gasteiger partial charge is 0.351 e. The number of benzene rings is 1. The Kier molecular flexibility index (Phi) is 5.08. The second kappa shape index (κ2) is 7.15. The molecule has 6 nitrogen and oxygen atoms in total. The standard InChI is InChI=1S/C17H11F7N4O2/c1-7-13(14(30-27-7)17(22,23)24)15(29)25-8-3-4-9(10(18)5-8)11-6-12(16(19,20)21)26-28(11)2/h3-6H,1-2H3,(H,25,29). The molecule has 0 saturated heterocycles. The van der Waals surface area contributed by atoms with Gasteiger partial charge in [0, 0.05) is 18.3 Å². The monoisotopic (exact) mass is 436 g/mol. The van der Waals surface area contributed by atoms with E-state index in [1.807, 2.05) is 0 Å². The summed E-state index contributed by atoms with van der Waals surface area (Å²) >= 11 is 0. The summed E-state index contributed by atoms with van der Waals surface area (Å²) in [5.41, 5.74) is -3.09. The lowest BCUT2D eigenvalue weighted by atomic mass is 10.1. The van der Waals surface area contributed by atoms with Gasteiger partial charge >= 0.3 is 12.4 Å². The van der Waals surface area contributed by atoms with Crippen molar-refractivity contribution in [2.24, 2.45) is 7.05 Å². The zero-order valence-electron chi connectivity index (χ0n) is 15.1. The van der Waals surface area contributed by atoms with E-state index in [-0.39, 0.29) is 22.6 Å². The van der Waals surface area contributed by atoms with Crippen molar-refractivity contribution in [3.05, 3.63) is 52.8 Å². The molecule has 0 fully saturated rings. The van der Waals surface area contributed by atoms with Crippen molar-refractivity contribution in [2.75, 3.05) is 5.32 Å². The minimum Gasteiger partial charge on any atom is -0.351 e. The summed E-state index contributed by atoms with van der Waals surface area (Å²) in [6.45, 7) is 1.12. The molecule has 0 aliphatic heterocycles. The summed E-state index contributed by atoms with van der Waals surface area (Å²) in [6, 6.07) is 3.58. The second-order valence-electron chi connectivity index (χ2n) is 6.15. The quantitative estimate of drug-likeness (QED) is 0.598. The zero-order valence-corrected chi connectivity index (χ0v) is 15.1. The molecular weight excluding hydrogens is 425 g/mol. The predicted molar refractivity (Wildman–Crippen MR) is 87.8 cm³/mol. The summed E-state index contributed by atoms with van der Waals surface area (Å²) in [5, 5.41) is 8.47. The molecule has 1 N–H and O–H groups in total. The van der Waals surface area contributed by atoms with Gasteiger partial charge in [0.1, 0.15) is 11.4 Å². The maximum atomic E-state index is 14.5. The summed E-state index contributed by atoms with van der Waals surface area (Å²) in [5.74, 6) is -3.88. The minimum absolute atomic E-state index is 0.188. The van der Waals surface area contributed by atoms with Crippen LogP contribution in [0.5, 0.6) is 0 Å². The van der Waals surface area contributed by atoms with Gasteiger partial charge in [0.2, 0.25) is 0 Å². The van der Waals surface area contributed by atoms with E-state index in [2.05, 4.69) is 20.1 Å². The molecule has 2 heterocycles. The molecule has 13 heteroatoms. The molecule has 0 aliphatic rings. The van der Waals surface area contributed by atoms with Crippen LogP contribution in [0, 0.1) is 12.7 Å². The van der Waals surface area contributed by atoms with Gasteiger partial charge in [-0.3, -0.25) is 9.48 Å². The Labute approximate surface area is 163 Å². The van der Waals surface area contributed by atoms with Crippen LogP contribution in [0.2, 0.25) is 0 Å². The topological polar surface area (TPSA) is 73.0 Å². The van der Waals surface area contributed by atoms with Crippen LogP contribution in [0.25, 0.3) is 11.3 Å². The highest BCUT2D eigenvalue weighted by atomic mass is 19.4. The number of aryl methyl sites for hydroxylation is 2. The van der Waals surface area contributed by atoms with Gasteiger partial charge in [0.15, 0.2) is 5.69 Å². The van der Waals surface area contributed by atoms with Crippen molar-refractivity contribution in [3.8, 4) is 11.3 Å². The molecule has 160 valence electrons. The normalized spacial score (nSPS) is 12.3. The van der Waals surface area contributed by atoms with Gasteiger partial charge in [-0.2, -0.15) is 31.4 Å². The predicted octanol–water partition coefficient (Wildman–Crippen LogP) is 4.81. The van der Waals surface area contributed by atoms with Gasteiger partial charge in [-0.05, 0) is 31.2 Å². The lowest BCUT2D eigenvalue weighted by Gasteiger charge is -2.09. The molecule has 3 aromatic rings. The molecule has 0 unspecified atom stereocenters. The highest BCUT2D eigenvalue weighted by Crippen LogP contribution is 2.35. The van der Waals surface area contributed by atoms with Crippen molar-refractivity contribution in [2.45, 2.75) is 19.3 Å². The fourth-order valence-electron chi connectivity index (χ4n) is 2.68. The Hall–Kier alpha value is -3.38. The second-order valence-corrected chi connectivity index (χ2v) is 6.15. The number of anilines is 1. The number of hydrogen-bond donors (Lipinski definition) is 1. The lowest BCUT2D eigenvalue weighted by Crippen LogP contribution is -2.18. The molecule has 30 heavy (non-hydrogen) atoms. The van der Waals surface area contributed by atoms with Gasteiger partial charge in [0.05, 0.1) is 11.4 Å². The van der Waals surface area contributed by atoms with E-state index in [9.17, 15) is 35.5 Å². The average molecular weight is 436 g/mol. The fraction of sp³-hybridized carbons (Fsp3) is 0.235. The number of aromatic nitrogens is 3. The number of hydrogen-bond acceptors (Lipinski definition) is 4. The minimum atomic E-state index is -4.97. The van der Waals surface area contributed by atoms with E-state index < -0.39 is 41.1 Å². The lowest BCUT2D eigenvalue weighted by molar-refractivity contribution is -0.155. The summed E-state index contributed by atoms with van der Waals surface area (Å²) in [7, 11) is 1.19. The Morgan fingerprint density at radius 3 is 2.30 bits per heavy atom. The highest BCUT2D eigenvalue weighted by Gasteiger charge is 2.42. The molecular formula is C17H11F7N4O2. The molecule has 2 aromatic heterocycles. The molecule has 0 atom stereocenters. The first-order chi connectivity index (χ1) is 13.8. The van der Waals surface area contributed by atoms with E-state index in [0.717, 1.165) is 29.8 Å². The van der Waals surface area contributed by atoms with E-state index in [4.69, 9.17) is 0 Å². The van der Waals surface area contributed by atoms with Crippen molar-refractivity contribution in [3.63, 3.8) is 0 Å². The summed E-state index contributed by atoms with van der Waals surface area (Å²) in [4.78, 5) is 12.2. The van der Waals surface area contributed by atoms with Crippen LogP contribution in [0.3, 0.4) is 0 Å². The Morgan fingerprint density at radius 1 is 1.10 bits per heavy atom. The zero-order chi connectivity index (χ0) is 22.4. The summed E-state index contributed by atoms with van der Waals surface area (Å²) in [6.07, 6.45) is -9.70. The average Bonchev–Trinajstić information content (AvgIpc) is 3.17. The molecule has 0 aliphatic carbocycles. The van der Waals surface area contributed by atoms with E-state index in [1.165, 1.54) is 7.05 Å². The van der Waals surface area contributed by atoms with E-state index in [1.54, 1.807) is 0 Å². The van der Waals surface area contributed by atoms with Gasteiger partial charge in [-0.15, -0.1) is 0 Å². The third-order valence-electron chi connectivity index (χ3n) is 4.02. The largest absolute Gasteiger partial charge is 0.453 e. The number of rotatable bonds is 3. The maximum absolute atomic E-state index is 14.5. The van der Waals surface area contributed by atoms with Gasteiger partial charge < -0.3 is 9.84 Å². The summed E-state index contributed by atoms with van der Waals surface area (Å²) < 4.78 is 96.6.